The van der Waals surface area contributed by atoms with Crippen LogP contribution in [0, 0.1) is 11.7 Å². The molecule has 2 N–H and O–H groups in total. The standard InChI is InChI=1S/C21H35FN4O2S.HI/c1-4-23-21(24-11-8-17-9-12-26(5-2)13-10-17)25-15-19-14-20(22)7-6-18(19)16-29(3,27)28;/h6-7,14,17H,4-5,8-13,15-16H2,1-3H3,(H2,23,24,25);1H. The lowest BCUT2D eigenvalue weighted by Gasteiger charge is -2.31. The van der Waals surface area contributed by atoms with E-state index in [-0.39, 0.29) is 42.1 Å². The first kappa shape index (κ1) is 27.1. The summed E-state index contributed by atoms with van der Waals surface area (Å²) in [5.74, 6) is 0.910. The van der Waals surface area contributed by atoms with Gasteiger partial charge in [0.1, 0.15) is 5.82 Å². The zero-order valence-electron chi connectivity index (χ0n) is 18.3. The minimum atomic E-state index is -3.20. The van der Waals surface area contributed by atoms with Gasteiger partial charge in [-0.1, -0.05) is 13.0 Å². The van der Waals surface area contributed by atoms with Crippen LogP contribution in [-0.2, 0) is 22.1 Å². The van der Waals surface area contributed by atoms with Gasteiger partial charge >= 0.3 is 0 Å². The second kappa shape index (κ2) is 13.5. The van der Waals surface area contributed by atoms with E-state index in [0.717, 1.165) is 32.0 Å². The molecule has 172 valence electrons. The van der Waals surface area contributed by atoms with E-state index < -0.39 is 9.84 Å². The number of guanidine groups is 1. The summed E-state index contributed by atoms with van der Waals surface area (Å²) in [5, 5.41) is 6.57. The normalized spacial score (nSPS) is 16.2. The summed E-state index contributed by atoms with van der Waals surface area (Å²) in [5.41, 5.74) is 1.19. The molecule has 0 aromatic heterocycles. The minimum absolute atomic E-state index is 0. The highest BCUT2D eigenvalue weighted by atomic mass is 127. The third-order valence-corrected chi connectivity index (χ3v) is 6.17. The number of nitrogens with zero attached hydrogens (tertiary/aromatic N) is 2. The quantitative estimate of drug-likeness (QED) is 0.279. The van der Waals surface area contributed by atoms with Crippen LogP contribution in [0.1, 0.15) is 44.2 Å². The fourth-order valence-electron chi connectivity index (χ4n) is 3.66. The maximum absolute atomic E-state index is 13.7. The van der Waals surface area contributed by atoms with E-state index in [9.17, 15) is 12.8 Å². The fourth-order valence-corrected chi connectivity index (χ4v) is 4.50. The molecule has 1 aliphatic rings. The number of benzene rings is 1. The van der Waals surface area contributed by atoms with Crippen molar-refractivity contribution in [1.29, 1.82) is 0 Å². The van der Waals surface area contributed by atoms with Gasteiger partial charge in [0.05, 0.1) is 12.3 Å². The summed E-state index contributed by atoms with van der Waals surface area (Å²) in [6, 6.07) is 4.19. The van der Waals surface area contributed by atoms with Gasteiger partial charge in [0, 0.05) is 19.3 Å². The molecule has 0 amide bonds. The van der Waals surface area contributed by atoms with Crippen molar-refractivity contribution in [3.63, 3.8) is 0 Å². The maximum Gasteiger partial charge on any atom is 0.191 e. The van der Waals surface area contributed by atoms with Crippen molar-refractivity contribution in [2.75, 3.05) is 39.0 Å². The summed E-state index contributed by atoms with van der Waals surface area (Å²) >= 11 is 0. The number of rotatable bonds is 9. The number of sulfone groups is 1. The number of nitrogens with one attached hydrogen (secondary N) is 2. The van der Waals surface area contributed by atoms with Gasteiger partial charge in [-0.3, -0.25) is 0 Å². The molecule has 0 aliphatic carbocycles. The summed E-state index contributed by atoms with van der Waals surface area (Å²) in [7, 11) is -3.20. The first-order valence-electron chi connectivity index (χ1n) is 10.5. The zero-order valence-corrected chi connectivity index (χ0v) is 21.4. The third-order valence-electron chi connectivity index (χ3n) is 5.34. The van der Waals surface area contributed by atoms with Gasteiger partial charge in [0.25, 0.3) is 0 Å². The van der Waals surface area contributed by atoms with Gasteiger partial charge in [0.15, 0.2) is 15.8 Å². The second-order valence-corrected chi connectivity index (χ2v) is 9.91. The fraction of sp³-hybridized carbons (Fsp3) is 0.667. The molecule has 0 radical (unpaired) electrons. The average Bonchev–Trinajstić information content (AvgIpc) is 2.67. The lowest BCUT2D eigenvalue weighted by Crippen LogP contribution is -2.39. The van der Waals surface area contributed by atoms with E-state index in [1.807, 2.05) is 6.92 Å². The van der Waals surface area contributed by atoms with Crippen LogP contribution >= 0.6 is 24.0 Å². The third kappa shape index (κ3) is 9.91. The van der Waals surface area contributed by atoms with Crippen molar-refractivity contribution >= 4 is 39.8 Å². The maximum atomic E-state index is 13.7. The number of hydrogen-bond acceptors (Lipinski definition) is 4. The number of piperidine rings is 1. The number of halogens is 2. The molecule has 0 atom stereocenters. The van der Waals surface area contributed by atoms with E-state index in [1.54, 1.807) is 0 Å². The highest BCUT2D eigenvalue weighted by molar-refractivity contribution is 14.0. The lowest BCUT2D eigenvalue weighted by molar-refractivity contribution is 0.187. The second-order valence-electron chi connectivity index (χ2n) is 7.77. The van der Waals surface area contributed by atoms with Crippen LogP contribution in [0.5, 0.6) is 0 Å². The van der Waals surface area contributed by atoms with E-state index in [0.29, 0.717) is 17.1 Å². The molecule has 1 aliphatic heterocycles. The van der Waals surface area contributed by atoms with Crippen LogP contribution in [0.2, 0.25) is 0 Å². The number of likely N-dealkylation sites (tertiary alicyclic amines) is 1. The van der Waals surface area contributed by atoms with Gasteiger partial charge < -0.3 is 15.5 Å². The van der Waals surface area contributed by atoms with E-state index in [4.69, 9.17) is 0 Å². The van der Waals surface area contributed by atoms with Crippen molar-refractivity contribution in [2.45, 2.75) is 45.4 Å². The molecule has 1 heterocycles. The summed E-state index contributed by atoms with van der Waals surface area (Å²) < 4.78 is 37.0. The molecule has 1 aromatic rings. The molecule has 1 saturated heterocycles. The Morgan fingerprint density at radius 3 is 2.50 bits per heavy atom. The molecule has 30 heavy (non-hydrogen) atoms. The largest absolute Gasteiger partial charge is 0.357 e. The molecule has 0 bridgehead atoms. The Balaban J connectivity index is 0.00000450. The van der Waals surface area contributed by atoms with E-state index >= 15 is 0 Å². The molecular weight excluding hydrogens is 518 g/mol. The van der Waals surface area contributed by atoms with E-state index in [1.165, 1.54) is 50.4 Å². The topological polar surface area (TPSA) is 73.8 Å². The number of hydrogen-bond donors (Lipinski definition) is 2. The monoisotopic (exact) mass is 554 g/mol. The Morgan fingerprint density at radius 2 is 1.90 bits per heavy atom. The highest BCUT2D eigenvalue weighted by Gasteiger charge is 2.17. The van der Waals surface area contributed by atoms with Gasteiger partial charge in [-0.25, -0.2) is 17.8 Å². The van der Waals surface area contributed by atoms with Crippen molar-refractivity contribution in [2.24, 2.45) is 10.9 Å². The SMILES string of the molecule is CCNC(=NCc1cc(F)ccc1CS(C)(=O)=O)NCCC1CCN(CC)CC1.I. The lowest BCUT2D eigenvalue weighted by atomic mass is 9.93. The van der Waals surface area contributed by atoms with Gasteiger partial charge in [0.2, 0.25) is 0 Å². The van der Waals surface area contributed by atoms with Crippen molar-refractivity contribution in [1.82, 2.24) is 15.5 Å². The number of aliphatic imine (C=N–C) groups is 1. The van der Waals surface area contributed by atoms with Crippen LogP contribution in [0.15, 0.2) is 23.2 Å². The Morgan fingerprint density at radius 1 is 1.20 bits per heavy atom. The van der Waals surface area contributed by atoms with Crippen LogP contribution in [0.25, 0.3) is 0 Å². The first-order valence-corrected chi connectivity index (χ1v) is 12.6. The highest BCUT2D eigenvalue weighted by Crippen LogP contribution is 2.19. The Kier molecular flexibility index (Phi) is 12.2. The molecule has 0 unspecified atom stereocenters. The zero-order chi connectivity index (χ0) is 21.3. The average molecular weight is 555 g/mol. The summed E-state index contributed by atoms with van der Waals surface area (Å²) in [6.45, 7) is 9.48. The smallest absolute Gasteiger partial charge is 0.191 e. The minimum Gasteiger partial charge on any atom is -0.357 e. The van der Waals surface area contributed by atoms with Crippen LogP contribution in [0.4, 0.5) is 4.39 Å². The predicted molar refractivity (Wildman–Crippen MR) is 133 cm³/mol. The van der Waals surface area contributed by atoms with Gasteiger partial charge in [-0.2, -0.15) is 0 Å². The van der Waals surface area contributed by atoms with Crippen molar-refractivity contribution in [3.05, 3.63) is 35.1 Å². The van der Waals surface area contributed by atoms with E-state index in [2.05, 4.69) is 27.4 Å². The summed E-state index contributed by atoms with van der Waals surface area (Å²) in [4.78, 5) is 7.04. The Bertz CT molecular complexity index is 781. The van der Waals surface area contributed by atoms with Gasteiger partial charge in [-0.05, 0) is 75.0 Å². The molecule has 1 fully saturated rings. The predicted octanol–water partition coefficient (Wildman–Crippen LogP) is 3.17. The first-order chi connectivity index (χ1) is 13.8. The molecule has 0 spiro atoms. The summed E-state index contributed by atoms with van der Waals surface area (Å²) in [6.07, 6.45) is 4.75. The molecule has 6 nitrogen and oxygen atoms in total. The van der Waals surface area contributed by atoms with Crippen LogP contribution in [0.3, 0.4) is 0 Å². The van der Waals surface area contributed by atoms with Crippen LogP contribution < -0.4 is 10.6 Å². The molecule has 0 saturated carbocycles. The Labute approximate surface area is 198 Å². The van der Waals surface area contributed by atoms with Crippen LogP contribution in [-0.4, -0.2) is 58.3 Å². The van der Waals surface area contributed by atoms with Crippen molar-refractivity contribution in [3.8, 4) is 0 Å². The molecule has 1 aromatic carbocycles. The molecule has 2 rings (SSSR count). The molecule has 9 heteroatoms. The van der Waals surface area contributed by atoms with Gasteiger partial charge in [-0.15, -0.1) is 24.0 Å². The van der Waals surface area contributed by atoms with Crippen molar-refractivity contribution < 1.29 is 12.8 Å². The molecular formula is C21H36FIN4O2S. The Hall–Kier alpha value is -0.940.